The summed E-state index contributed by atoms with van der Waals surface area (Å²) in [4.78, 5) is 26.7. The number of hydrogen-bond donors (Lipinski definition) is 1. The lowest BCUT2D eigenvalue weighted by Crippen LogP contribution is -2.47. The van der Waals surface area contributed by atoms with Gasteiger partial charge in [-0.2, -0.15) is 0 Å². The van der Waals surface area contributed by atoms with Crippen LogP contribution in [0.1, 0.15) is 50.0 Å². The largest absolute Gasteiger partial charge is 0.355 e. The minimum atomic E-state index is -0.0648. The van der Waals surface area contributed by atoms with Gasteiger partial charge in [-0.1, -0.05) is 42.4 Å². The number of carbonyl (C=O) groups is 2. The van der Waals surface area contributed by atoms with E-state index >= 15 is 0 Å². The molecule has 1 aliphatic carbocycles. The van der Waals surface area contributed by atoms with Crippen molar-refractivity contribution in [2.45, 2.75) is 56.2 Å². The molecule has 8 heteroatoms. The Hall–Kier alpha value is -1.15. The fourth-order valence-electron chi connectivity index (χ4n) is 3.78. The predicted molar refractivity (Wildman–Crippen MR) is 104 cm³/mol. The predicted octanol–water partition coefficient (Wildman–Crippen LogP) is 2.87. The van der Waals surface area contributed by atoms with Gasteiger partial charge >= 0.3 is 0 Å². The molecule has 1 saturated carbocycles. The second-order valence-electron chi connectivity index (χ2n) is 7.26. The first kappa shape index (κ1) is 19.6. The Bertz CT molecular complexity index is 616. The van der Waals surface area contributed by atoms with Gasteiger partial charge in [0.2, 0.25) is 11.8 Å². The lowest BCUT2D eigenvalue weighted by atomic mass is 9.87. The highest BCUT2D eigenvalue weighted by Crippen LogP contribution is 2.27. The second-order valence-corrected chi connectivity index (χ2v) is 9.79. The lowest BCUT2D eigenvalue weighted by molar-refractivity contribution is -0.139. The molecule has 2 fully saturated rings. The molecule has 0 radical (unpaired) electrons. The number of carbonyl (C=O) groups excluding carboxylic acids is 2. The van der Waals surface area contributed by atoms with Gasteiger partial charge in [0.05, 0.1) is 5.92 Å². The number of aromatic nitrogens is 2. The van der Waals surface area contributed by atoms with E-state index in [2.05, 4.69) is 15.5 Å². The van der Waals surface area contributed by atoms with Crippen LogP contribution in [0.4, 0.5) is 0 Å². The van der Waals surface area contributed by atoms with Crippen molar-refractivity contribution in [3.8, 4) is 0 Å². The van der Waals surface area contributed by atoms with Crippen molar-refractivity contribution in [3.05, 3.63) is 5.01 Å². The van der Waals surface area contributed by atoms with Crippen molar-refractivity contribution in [2.24, 2.45) is 11.8 Å². The first-order chi connectivity index (χ1) is 12.6. The minimum absolute atomic E-state index is 0.0648. The summed E-state index contributed by atoms with van der Waals surface area (Å²) in [5, 5.41) is 12.0. The van der Waals surface area contributed by atoms with Crippen LogP contribution in [0.2, 0.25) is 0 Å². The van der Waals surface area contributed by atoms with Crippen LogP contribution in [0, 0.1) is 18.8 Å². The molecule has 2 heterocycles. The summed E-state index contributed by atoms with van der Waals surface area (Å²) in [5.74, 6) is 1.66. The van der Waals surface area contributed by atoms with E-state index in [-0.39, 0.29) is 17.7 Å². The summed E-state index contributed by atoms with van der Waals surface area (Å²) >= 11 is 3.20. The van der Waals surface area contributed by atoms with Crippen molar-refractivity contribution < 1.29 is 9.59 Å². The van der Waals surface area contributed by atoms with Crippen molar-refractivity contribution >= 4 is 34.9 Å². The zero-order valence-electron chi connectivity index (χ0n) is 15.4. The molecule has 1 aliphatic heterocycles. The molecule has 1 atom stereocenters. The third-order valence-corrected chi connectivity index (χ3v) is 7.18. The summed E-state index contributed by atoms with van der Waals surface area (Å²) in [6, 6.07) is 0. The quantitative estimate of drug-likeness (QED) is 0.567. The number of aryl methyl sites for hydroxylation is 1. The van der Waals surface area contributed by atoms with Gasteiger partial charge in [-0.3, -0.25) is 9.59 Å². The standard InChI is InChI=1S/C18H28N4O2S2/c1-13-20-21-18(26-13)25-10-9-19-17(24)15-7-8-16(23)22(12-15)11-14-5-3-2-4-6-14/h14-15H,2-12H2,1H3,(H,19,24)/t15-/m1/s1. The Morgan fingerprint density at radius 2 is 2.08 bits per heavy atom. The van der Waals surface area contributed by atoms with E-state index in [4.69, 9.17) is 0 Å². The van der Waals surface area contributed by atoms with Crippen LogP contribution in [0.3, 0.4) is 0 Å². The maximum absolute atomic E-state index is 12.5. The van der Waals surface area contributed by atoms with Gasteiger partial charge < -0.3 is 10.2 Å². The van der Waals surface area contributed by atoms with Crippen LogP contribution in [0.5, 0.6) is 0 Å². The van der Waals surface area contributed by atoms with Crippen molar-refractivity contribution in [1.82, 2.24) is 20.4 Å². The van der Waals surface area contributed by atoms with Gasteiger partial charge in [0.1, 0.15) is 5.01 Å². The van der Waals surface area contributed by atoms with Gasteiger partial charge in [0, 0.05) is 31.8 Å². The van der Waals surface area contributed by atoms with E-state index in [1.54, 1.807) is 23.1 Å². The summed E-state index contributed by atoms with van der Waals surface area (Å²) in [7, 11) is 0. The zero-order chi connectivity index (χ0) is 18.4. The molecular weight excluding hydrogens is 368 g/mol. The van der Waals surface area contributed by atoms with Crippen LogP contribution in [-0.4, -0.2) is 52.3 Å². The van der Waals surface area contributed by atoms with E-state index in [1.165, 1.54) is 32.1 Å². The Labute approximate surface area is 163 Å². The first-order valence-corrected chi connectivity index (χ1v) is 11.4. The first-order valence-electron chi connectivity index (χ1n) is 9.60. The van der Waals surface area contributed by atoms with Crippen LogP contribution in [0.15, 0.2) is 4.34 Å². The number of likely N-dealkylation sites (tertiary alicyclic amines) is 1. The molecule has 3 rings (SSSR count). The maximum Gasteiger partial charge on any atom is 0.224 e. The van der Waals surface area contributed by atoms with Crippen molar-refractivity contribution in [1.29, 1.82) is 0 Å². The highest BCUT2D eigenvalue weighted by atomic mass is 32.2. The number of hydrogen-bond acceptors (Lipinski definition) is 6. The molecule has 0 unspecified atom stereocenters. The number of rotatable bonds is 7. The molecule has 0 bridgehead atoms. The van der Waals surface area contributed by atoms with Gasteiger partial charge in [-0.25, -0.2) is 0 Å². The topological polar surface area (TPSA) is 75.2 Å². The highest BCUT2D eigenvalue weighted by Gasteiger charge is 2.31. The molecule has 2 aliphatic rings. The fourth-order valence-corrected chi connectivity index (χ4v) is 5.52. The Kier molecular flexibility index (Phi) is 7.31. The van der Waals surface area contributed by atoms with Crippen LogP contribution in [0.25, 0.3) is 0 Å². The molecule has 1 aromatic rings. The van der Waals surface area contributed by atoms with Gasteiger partial charge in [0.25, 0.3) is 0 Å². The average Bonchev–Trinajstić information content (AvgIpc) is 3.06. The van der Waals surface area contributed by atoms with E-state index in [1.807, 2.05) is 11.8 Å². The van der Waals surface area contributed by atoms with Crippen LogP contribution >= 0.6 is 23.1 Å². The highest BCUT2D eigenvalue weighted by molar-refractivity contribution is 8.01. The molecule has 26 heavy (non-hydrogen) atoms. The summed E-state index contributed by atoms with van der Waals surface area (Å²) < 4.78 is 0.943. The Morgan fingerprint density at radius 3 is 2.81 bits per heavy atom. The van der Waals surface area contributed by atoms with Crippen LogP contribution < -0.4 is 5.32 Å². The monoisotopic (exact) mass is 396 g/mol. The molecule has 0 aromatic carbocycles. The van der Waals surface area contributed by atoms with Gasteiger partial charge in [0.15, 0.2) is 4.34 Å². The zero-order valence-corrected chi connectivity index (χ0v) is 17.0. The van der Waals surface area contributed by atoms with Gasteiger partial charge in [-0.15, -0.1) is 10.2 Å². The Balaban J connectivity index is 1.39. The molecule has 1 N–H and O–H groups in total. The smallest absolute Gasteiger partial charge is 0.224 e. The van der Waals surface area contributed by atoms with Crippen LogP contribution in [-0.2, 0) is 9.59 Å². The fraction of sp³-hybridized carbons (Fsp3) is 0.778. The van der Waals surface area contributed by atoms with Gasteiger partial charge in [-0.05, 0) is 32.1 Å². The molecule has 6 nitrogen and oxygen atoms in total. The number of nitrogens with one attached hydrogen (secondary N) is 1. The number of piperidine rings is 1. The summed E-state index contributed by atoms with van der Waals surface area (Å²) in [5.41, 5.74) is 0. The maximum atomic E-state index is 12.5. The third kappa shape index (κ3) is 5.67. The third-order valence-electron chi connectivity index (χ3n) is 5.21. The molecule has 1 saturated heterocycles. The number of nitrogens with zero attached hydrogens (tertiary/aromatic N) is 3. The molecule has 1 aromatic heterocycles. The minimum Gasteiger partial charge on any atom is -0.355 e. The lowest BCUT2D eigenvalue weighted by Gasteiger charge is -2.35. The Morgan fingerprint density at radius 1 is 1.27 bits per heavy atom. The number of amides is 2. The molecule has 2 amide bonds. The van der Waals surface area contributed by atoms with E-state index < -0.39 is 0 Å². The molecule has 144 valence electrons. The SMILES string of the molecule is Cc1nnc(SCCNC(=O)[C@@H]2CCC(=O)N(CC3CCCCC3)C2)s1. The molecular formula is C18H28N4O2S2. The second kappa shape index (κ2) is 9.69. The molecule has 0 spiro atoms. The van der Waals surface area contributed by atoms with E-state index in [0.717, 1.165) is 21.6 Å². The normalized spacial score (nSPS) is 21.8. The van der Waals surface area contributed by atoms with Crippen molar-refractivity contribution in [2.75, 3.05) is 25.4 Å². The van der Waals surface area contributed by atoms with E-state index in [9.17, 15) is 9.59 Å². The van der Waals surface area contributed by atoms with E-state index in [0.29, 0.717) is 31.8 Å². The summed E-state index contributed by atoms with van der Waals surface area (Å²) in [6.45, 7) is 3.99. The summed E-state index contributed by atoms with van der Waals surface area (Å²) in [6.07, 6.45) is 7.51. The number of thioether (sulfide) groups is 1. The van der Waals surface area contributed by atoms with Crippen molar-refractivity contribution in [3.63, 3.8) is 0 Å². The average molecular weight is 397 g/mol.